The van der Waals surface area contributed by atoms with Crippen LogP contribution in [0, 0.1) is 5.92 Å². The molecule has 3 aliphatic heterocycles. The first kappa shape index (κ1) is 16.9. The Bertz CT molecular complexity index is 583. The summed E-state index contributed by atoms with van der Waals surface area (Å²) in [5, 5.41) is 0. The Kier molecular flexibility index (Phi) is 5.01. The lowest BCUT2D eigenvalue weighted by atomic mass is 9.81. The maximum absolute atomic E-state index is 12.1. The third-order valence-electron chi connectivity index (χ3n) is 5.70. The normalized spacial score (nSPS) is 25.4. The summed E-state index contributed by atoms with van der Waals surface area (Å²) in [7, 11) is 0. The quantitative estimate of drug-likeness (QED) is 0.778. The van der Waals surface area contributed by atoms with Gasteiger partial charge < -0.3 is 14.4 Å². The fourth-order valence-electron chi connectivity index (χ4n) is 4.26. The molecule has 6 nitrogen and oxygen atoms in total. The fourth-order valence-corrected chi connectivity index (χ4v) is 4.26. The Hall–Kier alpha value is -1.50. The highest BCUT2D eigenvalue weighted by molar-refractivity contribution is 5.77. The summed E-state index contributed by atoms with van der Waals surface area (Å²) in [5.41, 5.74) is 1.02. The van der Waals surface area contributed by atoms with E-state index in [-0.39, 0.29) is 18.1 Å². The first-order chi connectivity index (χ1) is 12.3. The van der Waals surface area contributed by atoms with E-state index in [4.69, 9.17) is 9.47 Å². The van der Waals surface area contributed by atoms with Crippen molar-refractivity contribution in [1.29, 1.82) is 0 Å². The fraction of sp³-hybridized carbons (Fsp3) is 0.684. The second-order valence-electron chi connectivity index (χ2n) is 7.47. The van der Waals surface area contributed by atoms with Crippen LogP contribution in [0.1, 0.15) is 25.0 Å². The molecule has 1 aromatic rings. The highest BCUT2D eigenvalue weighted by Crippen LogP contribution is 2.40. The van der Waals surface area contributed by atoms with E-state index in [9.17, 15) is 4.79 Å². The van der Waals surface area contributed by atoms with Gasteiger partial charge in [-0.3, -0.25) is 14.7 Å². The molecule has 0 saturated carbocycles. The van der Waals surface area contributed by atoms with E-state index in [1.54, 1.807) is 0 Å². The first-order valence-electron chi connectivity index (χ1n) is 9.37. The molecule has 0 unspecified atom stereocenters. The monoisotopic (exact) mass is 345 g/mol. The highest BCUT2D eigenvalue weighted by Gasteiger charge is 2.52. The van der Waals surface area contributed by atoms with Gasteiger partial charge in [0.25, 0.3) is 0 Å². The number of amides is 1. The number of hydrogen-bond acceptors (Lipinski definition) is 5. The molecule has 1 amide bonds. The molecule has 4 heterocycles. The lowest BCUT2D eigenvalue weighted by molar-refractivity contribution is -0.151. The average molecular weight is 345 g/mol. The zero-order valence-corrected chi connectivity index (χ0v) is 14.7. The zero-order valence-electron chi connectivity index (χ0n) is 14.7. The van der Waals surface area contributed by atoms with Crippen LogP contribution in [0.5, 0.6) is 0 Å². The van der Waals surface area contributed by atoms with Gasteiger partial charge in [-0.25, -0.2) is 0 Å². The van der Waals surface area contributed by atoms with Crippen LogP contribution in [0.2, 0.25) is 0 Å². The number of rotatable bonds is 6. The molecule has 6 heteroatoms. The van der Waals surface area contributed by atoms with Gasteiger partial charge >= 0.3 is 0 Å². The van der Waals surface area contributed by atoms with Crippen molar-refractivity contribution >= 4 is 5.91 Å². The number of aromatic nitrogens is 1. The van der Waals surface area contributed by atoms with Crippen molar-refractivity contribution in [1.82, 2.24) is 14.8 Å². The summed E-state index contributed by atoms with van der Waals surface area (Å²) in [6.45, 7) is 6.14. The van der Waals surface area contributed by atoms with Crippen molar-refractivity contribution in [2.45, 2.75) is 31.4 Å². The average Bonchev–Trinajstić information content (AvgIpc) is 3.25. The Morgan fingerprint density at radius 1 is 1.32 bits per heavy atom. The third kappa shape index (κ3) is 3.71. The molecule has 3 fully saturated rings. The van der Waals surface area contributed by atoms with Crippen molar-refractivity contribution in [3.63, 3.8) is 0 Å². The smallest absolute Gasteiger partial charge is 0.248 e. The first-order valence-corrected chi connectivity index (χ1v) is 9.37. The van der Waals surface area contributed by atoms with E-state index in [1.807, 2.05) is 23.2 Å². The summed E-state index contributed by atoms with van der Waals surface area (Å²) in [4.78, 5) is 20.8. The molecule has 0 radical (unpaired) electrons. The number of carbonyl (C=O) groups excluding carboxylic acids is 1. The molecule has 25 heavy (non-hydrogen) atoms. The Morgan fingerprint density at radius 3 is 2.92 bits per heavy atom. The Labute approximate surface area is 149 Å². The molecule has 4 rings (SSSR count). The number of nitrogens with zero attached hydrogens (tertiary/aromatic N) is 3. The maximum Gasteiger partial charge on any atom is 0.248 e. The Balaban J connectivity index is 1.22. The molecule has 0 aliphatic carbocycles. The molecular weight excluding hydrogens is 318 g/mol. The molecular formula is C19H27N3O3. The third-order valence-corrected chi connectivity index (χ3v) is 5.70. The van der Waals surface area contributed by atoms with Crippen molar-refractivity contribution in [3.05, 3.63) is 30.1 Å². The van der Waals surface area contributed by atoms with Crippen LogP contribution in [0.4, 0.5) is 0 Å². The van der Waals surface area contributed by atoms with Gasteiger partial charge in [-0.05, 0) is 31.4 Å². The molecule has 0 N–H and O–H groups in total. The largest absolute Gasteiger partial charge is 0.372 e. The summed E-state index contributed by atoms with van der Waals surface area (Å²) in [5.74, 6) is 0.523. The second-order valence-corrected chi connectivity index (χ2v) is 7.47. The predicted octanol–water partition coefficient (Wildman–Crippen LogP) is 1.31. The topological polar surface area (TPSA) is 54.9 Å². The van der Waals surface area contributed by atoms with Gasteiger partial charge in [0, 0.05) is 51.4 Å². The van der Waals surface area contributed by atoms with Gasteiger partial charge in [-0.1, -0.05) is 6.07 Å². The molecule has 3 saturated heterocycles. The Morgan fingerprint density at radius 2 is 2.16 bits per heavy atom. The molecule has 0 bridgehead atoms. The van der Waals surface area contributed by atoms with Crippen LogP contribution < -0.4 is 0 Å². The molecule has 1 atom stereocenters. The van der Waals surface area contributed by atoms with Gasteiger partial charge in [0.2, 0.25) is 5.91 Å². The standard InChI is InChI=1S/C19H27N3O3/c23-18(22-8-3-4-9-22)13-24-12-16-6-10-25-19(16)14-21(15-19)11-17-5-1-2-7-20-17/h1-2,5,7,16H,3-4,6,8-15H2/t16-/m1/s1. The number of carbonyl (C=O) groups is 1. The minimum atomic E-state index is -0.0779. The molecule has 136 valence electrons. The zero-order chi connectivity index (χ0) is 17.1. The van der Waals surface area contributed by atoms with Crippen molar-refractivity contribution in [3.8, 4) is 0 Å². The van der Waals surface area contributed by atoms with Crippen molar-refractivity contribution in [2.75, 3.05) is 46.0 Å². The van der Waals surface area contributed by atoms with Gasteiger partial charge in [-0.2, -0.15) is 0 Å². The molecule has 1 aromatic heterocycles. The lowest BCUT2D eigenvalue weighted by Crippen LogP contribution is -2.64. The van der Waals surface area contributed by atoms with Crippen LogP contribution in [0.15, 0.2) is 24.4 Å². The lowest BCUT2D eigenvalue weighted by Gasteiger charge is -2.50. The van der Waals surface area contributed by atoms with Crippen molar-refractivity contribution in [2.24, 2.45) is 5.92 Å². The van der Waals surface area contributed by atoms with E-state index in [1.165, 1.54) is 0 Å². The summed E-state index contributed by atoms with van der Waals surface area (Å²) >= 11 is 0. The number of hydrogen-bond donors (Lipinski definition) is 0. The van der Waals surface area contributed by atoms with Crippen LogP contribution in [-0.2, 0) is 20.8 Å². The summed E-state index contributed by atoms with van der Waals surface area (Å²) < 4.78 is 11.9. The summed E-state index contributed by atoms with van der Waals surface area (Å²) in [6.07, 6.45) is 5.11. The maximum atomic E-state index is 12.1. The van der Waals surface area contributed by atoms with Crippen LogP contribution in [-0.4, -0.2) is 72.3 Å². The van der Waals surface area contributed by atoms with Gasteiger partial charge in [-0.15, -0.1) is 0 Å². The SMILES string of the molecule is O=C(COC[C@H]1CCOC12CN(Cc1ccccn1)C2)N1CCCC1. The molecule has 0 aromatic carbocycles. The number of likely N-dealkylation sites (tertiary alicyclic amines) is 2. The van der Waals surface area contributed by atoms with Crippen LogP contribution in [0.25, 0.3) is 0 Å². The number of pyridine rings is 1. The van der Waals surface area contributed by atoms with E-state index in [0.29, 0.717) is 12.5 Å². The van der Waals surface area contributed by atoms with E-state index in [0.717, 1.165) is 64.3 Å². The van der Waals surface area contributed by atoms with Gasteiger partial charge in [0.05, 0.1) is 17.9 Å². The van der Waals surface area contributed by atoms with E-state index >= 15 is 0 Å². The van der Waals surface area contributed by atoms with Gasteiger partial charge in [0.15, 0.2) is 0 Å². The minimum Gasteiger partial charge on any atom is -0.372 e. The second kappa shape index (κ2) is 7.40. The molecule has 1 spiro atoms. The van der Waals surface area contributed by atoms with Crippen molar-refractivity contribution < 1.29 is 14.3 Å². The number of ether oxygens (including phenoxy) is 2. The van der Waals surface area contributed by atoms with Gasteiger partial charge in [0.1, 0.15) is 6.61 Å². The van der Waals surface area contributed by atoms with E-state index < -0.39 is 0 Å². The van der Waals surface area contributed by atoms with Crippen LogP contribution >= 0.6 is 0 Å². The van der Waals surface area contributed by atoms with E-state index in [2.05, 4.69) is 16.0 Å². The predicted molar refractivity (Wildman–Crippen MR) is 92.9 cm³/mol. The van der Waals surface area contributed by atoms with Crippen LogP contribution in [0.3, 0.4) is 0 Å². The minimum absolute atomic E-state index is 0.0779. The summed E-state index contributed by atoms with van der Waals surface area (Å²) in [6, 6.07) is 6.03. The molecule has 3 aliphatic rings. The highest BCUT2D eigenvalue weighted by atomic mass is 16.5.